The van der Waals surface area contributed by atoms with Gasteiger partial charge < -0.3 is 19.9 Å². The monoisotopic (exact) mass is 501 g/mol. The number of aromatic nitrogens is 1. The van der Waals surface area contributed by atoms with Crippen LogP contribution in [-0.2, 0) is 17.9 Å². The summed E-state index contributed by atoms with van der Waals surface area (Å²) in [5.41, 5.74) is 3.62. The van der Waals surface area contributed by atoms with E-state index < -0.39 is 11.6 Å². The first-order valence-corrected chi connectivity index (χ1v) is 12.0. The molecule has 0 spiro atoms. The van der Waals surface area contributed by atoms with Crippen LogP contribution in [0.1, 0.15) is 38.3 Å². The summed E-state index contributed by atoms with van der Waals surface area (Å²) in [6.45, 7) is 9.93. The topological polar surface area (TPSA) is 101 Å². The van der Waals surface area contributed by atoms with Gasteiger partial charge in [-0.2, -0.15) is 0 Å². The summed E-state index contributed by atoms with van der Waals surface area (Å²) >= 11 is 0. The molecule has 4 rings (SSSR count). The molecule has 2 N–H and O–H groups in total. The first kappa shape index (κ1) is 25.8. The Hall–Kier alpha value is -4.33. The first-order valence-electron chi connectivity index (χ1n) is 12.0. The molecule has 0 saturated carbocycles. The molecule has 0 fully saturated rings. The summed E-state index contributed by atoms with van der Waals surface area (Å²) in [5.74, 6) is 1.49. The van der Waals surface area contributed by atoms with Crippen molar-refractivity contribution in [2.75, 3.05) is 11.9 Å². The van der Waals surface area contributed by atoms with E-state index in [1.54, 1.807) is 12.3 Å². The van der Waals surface area contributed by atoms with Crippen LogP contribution in [0.3, 0.4) is 0 Å². The molecule has 0 unspecified atom stereocenters. The van der Waals surface area contributed by atoms with Gasteiger partial charge in [-0.1, -0.05) is 35.9 Å². The molecule has 2 amide bonds. The molecule has 1 aromatic heterocycles. The maximum Gasteiger partial charge on any atom is 0.408 e. The van der Waals surface area contributed by atoms with E-state index in [9.17, 15) is 14.7 Å². The van der Waals surface area contributed by atoms with E-state index in [2.05, 4.69) is 16.9 Å². The molecular weight excluding hydrogens is 470 g/mol. The fourth-order valence-electron chi connectivity index (χ4n) is 4.56. The molecule has 2 heterocycles. The van der Waals surface area contributed by atoms with Crippen LogP contribution in [0.25, 0.3) is 11.1 Å². The average Bonchev–Trinajstić information content (AvgIpc) is 2.85. The van der Waals surface area contributed by atoms with Crippen LogP contribution in [-0.4, -0.2) is 39.1 Å². The zero-order valence-electron chi connectivity index (χ0n) is 21.3. The predicted molar refractivity (Wildman–Crippen MR) is 142 cm³/mol. The van der Waals surface area contributed by atoms with E-state index >= 15 is 0 Å². The van der Waals surface area contributed by atoms with E-state index in [-0.39, 0.29) is 19.1 Å². The second-order valence-corrected chi connectivity index (χ2v) is 9.63. The van der Waals surface area contributed by atoms with Gasteiger partial charge in [-0.05, 0) is 49.6 Å². The number of carbonyl (C=O) groups excluding carboxylic acids is 1. The van der Waals surface area contributed by atoms with Crippen molar-refractivity contribution in [2.24, 2.45) is 0 Å². The Balaban J connectivity index is 1.57. The predicted octanol–water partition coefficient (Wildman–Crippen LogP) is 5.88. The quantitative estimate of drug-likeness (QED) is 0.355. The van der Waals surface area contributed by atoms with Crippen LogP contribution in [0.5, 0.6) is 11.5 Å². The fourth-order valence-corrected chi connectivity index (χ4v) is 4.56. The third-order valence-electron chi connectivity index (χ3n) is 6.22. The third kappa shape index (κ3) is 6.09. The van der Waals surface area contributed by atoms with Crippen molar-refractivity contribution < 1.29 is 24.2 Å². The highest BCUT2D eigenvalue weighted by Crippen LogP contribution is 2.40. The number of ether oxygens (including phenoxy) is 2. The Morgan fingerprint density at radius 1 is 1.16 bits per heavy atom. The van der Waals surface area contributed by atoms with Crippen molar-refractivity contribution in [1.29, 1.82) is 0 Å². The Morgan fingerprint density at radius 2 is 1.92 bits per heavy atom. The van der Waals surface area contributed by atoms with Gasteiger partial charge in [0, 0.05) is 36.9 Å². The van der Waals surface area contributed by atoms with E-state index in [0.29, 0.717) is 30.3 Å². The molecule has 0 aliphatic carbocycles. The number of amides is 2. The molecule has 0 radical (unpaired) electrons. The lowest BCUT2D eigenvalue weighted by Crippen LogP contribution is -2.52. The second-order valence-electron chi connectivity index (χ2n) is 9.63. The Bertz CT molecular complexity index is 1320. The molecule has 1 aliphatic heterocycles. The molecular formula is C29H31N3O5. The lowest BCUT2D eigenvalue weighted by atomic mass is 9.92. The number of hydrogen-bond donors (Lipinski definition) is 2. The highest BCUT2D eigenvalue weighted by molar-refractivity contribution is 5.89. The van der Waals surface area contributed by atoms with Crippen molar-refractivity contribution in [3.8, 4) is 22.6 Å². The minimum Gasteiger partial charge on any atom is -0.491 e. The molecule has 0 saturated heterocycles. The van der Waals surface area contributed by atoms with Gasteiger partial charge in [0.25, 0.3) is 0 Å². The minimum absolute atomic E-state index is 0.130. The van der Waals surface area contributed by atoms with Gasteiger partial charge in [-0.15, -0.1) is 6.58 Å². The summed E-state index contributed by atoms with van der Waals surface area (Å²) < 4.78 is 12.1. The van der Waals surface area contributed by atoms with Crippen molar-refractivity contribution in [2.45, 2.75) is 45.9 Å². The number of carboxylic acid groups (broad SMARTS) is 1. The summed E-state index contributed by atoms with van der Waals surface area (Å²) in [7, 11) is 0. The van der Waals surface area contributed by atoms with E-state index in [0.717, 1.165) is 27.8 Å². The summed E-state index contributed by atoms with van der Waals surface area (Å²) in [6, 6.07) is 16.9. The maximum absolute atomic E-state index is 12.3. The van der Waals surface area contributed by atoms with Gasteiger partial charge >= 0.3 is 6.09 Å². The number of anilines is 1. The average molecular weight is 502 g/mol. The smallest absolute Gasteiger partial charge is 0.408 e. The highest BCUT2D eigenvalue weighted by atomic mass is 16.5. The van der Waals surface area contributed by atoms with Crippen LogP contribution in [0, 0.1) is 0 Å². The number of benzene rings is 2. The van der Waals surface area contributed by atoms with Crippen molar-refractivity contribution in [3.63, 3.8) is 0 Å². The Kier molecular flexibility index (Phi) is 7.47. The van der Waals surface area contributed by atoms with Crippen LogP contribution >= 0.6 is 0 Å². The molecule has 1 aliphatic rings. The van der Waals surface area contributed by atoms with Crippen LogP contribution < -0.4 is 14.8 Å². The van der Waals surface area contributed by atoms with Crippen molar-refractivity contribution in [3.05, 3.63) is 84.1 Å². The lowest BCUT2D eigenvalue weighted by Gasteiger charge is -2.39. The highest BCUT2D eigenvalue weighted by Gasteiger charge is 2.36. The molecule has 3 aromatic rings. The zero-order chi connectivity index (χ0) is 26.6. The van der Waals surface area contributed by atoms with E-state index in [1.807, 2.05) is 62.4 Å². The van der Waals surface area contributed by atoms with Gasteiger partial charge in [0.05, 0.1) is 5.54 Å². The number of pyridine rings is 1. The fraction of sp³-hybridized carbons (Fsp3) is 0.276. The van der Waals surface area contributed by atoms with Gasteiger partial charge in [0.15, 0.2) is 0 Å². The number of nitrogens with zero attached hydrogens (tertiary/aromatic N) is 2. The van der Waals surface area contributed by atoms with Gasteiger partial charge in [-0.3, -0.25) is 9.69 Å². The molecule has 2 aromatic carbocycles. The number of carbonyl (C=O) groups is 2. The standard InChI is InChI=1S/C29H31N3O5/c1-19(2)14-29(4,32(28(34)35)16-21-8-6-5-7-9-21)18-37-23-10-11-24-25-13-27(31-20(3)33)30-15-22(25)17-36-26(24)12-23/h5-13,15H,1,14,16-18H2,2-4H3,(H,34,35)(H,30,31,33)/t29-/m0/s1. The third-order valence-corrected chi connectivity index (χ3v) is 6.22. The molecule has 8 nitrogen and oxygen atoms in total. The summed E-state index contributed by atoms with van der Waals surface area (Å²) in [5, 5.41) is 12.8. The number of rotatable bonds is 9. The second kappa shape index (κ2) is 10.7. The van der Waals surface area contributed by atoms with E-state index in [4.69, 9.17) is 9.47 Å². The van der Waals surface area contributed by atoms with Gasteiger partial charge in [-0.25, -0.2) is 9.78 Å². The Morgan fingerprint density at radius 3 is 2.59 bits per heavy atom. The van der Waals surface area contributed by atoms with Crippen LogP contribution in [0.4, 0.5) is 10.6 Å². The summed E-state index contributed by atoms with van der Waals surface area (Å²) in [6.07, 6.45) is 1.12. The number of hydrogen-bond acceptors (Lipinski definition) is 5. The zero-order valence-corrected chi connectivity index (χ0v) is 21.3. The molecule has 0 bridgehead atoms. The minimum atomic E-state index is -1.02. The molecule has 8 heteroatoms. The van der Waals surface area contributed by atoms with E-state index in [1.165, 1.54) is 11.8 Å². The normalized spacial score (nSPS) is 13.3. The lowest BCUT2D eigenvalue weighted by molar-refractivity contribution is -0.114. The maximum atomic E-state index is 12.3. The van der Waals surface area contributed by atoms with Crippen molar-refractivity contribution >= 4 is 17.8 Å². The largest absolute Gasteiger partial charge is 0.491 e. The summed E-state index contributed by atoms with van der Waals surface area (Å²) in [4.78, 5) is 29.5. The molecule has 1 atom stereocenters. The van der Waals surface area contributed by atoms with Gasteiger partial charge in [0.2, 0.25) is 5.91 Å². The van der Waals surface area contributed by atoms with Crippen molar-refractivity contribution in [1.82, 2.24) is 9.88 Å². The molecule has 192 valence electrons. The number of fused-ring (bicyclic) bond motifs is 3. The Labute approximate surface area is 216 Å². The molecule has 37 heavy (non-hydrogen) atoms. The number of nitrogens with one attached hydrogen (secondary N) is 1. The van der Waals surface area contributed by atoms with Gasteiger partial charge in [0.1, 0.15) is 30.5 Å². The van der Waals surface area contributed by atoms with Crippen LogP contribution in [0.15, 0.2) is 72.9 Å². The van der Waals surface area contributed by atoms with Crippen LogP contribution in [0.2, 0.25) is 0 Å². The first-order chi connectivity index (χ1) is 17.6. The SMILES string of the molecule is C=C(C)C[C@@](C)(COc1ccc2c(c1)OCc1cnc(NC(C)=O)cc1-2)N(Cc1ccccc1)C(=O)O.